The summed E-state index contributed by atoms with van der Waals surface area (Å²) >= 11 is 3.30. The molecule has 96 valence electrons. The average molecular weight is 302 g/mol. The van der Waals surface area contributed by atoms with Crippen LogP contribution in [0.4, 0.5) is 4.39 Å². The molecule has 0 aliphatic carbocycles. The zero-order valence-corrected chi connectivity index (χ0v) is 12.2. The molecule has 1 rings (SSSR count). The second-order valence-electron chi connectivity index (χ2n) is 4.71. The Bertz CT molecular complexity index is 367. The van der Waals surface area contributed by atoms with Gasteiger partial charge < -0.3 is 5.73 Å². The van der Waals surface area contributed by atoms with Crippen molar-refractivity contribution in [3.63, 3.8) is 0 Å². The predicted octanol–water partition coefficient (Wildman–Crippen LogP) is 4.43. The second-order valence-corrected chi connectivity index (χ2v) is 5.50. The predicted molar refractivity (Wildman–Crippen MR) is 74.5 cm³/mol. The van der Waals surface area contributed by atoms with Crippen LogP contribution < -0.4 is 5.73 Å². The van der Waals surface area contributed by atoms with E-state index >= 15 is 0 Å². The fourth-order valence-electron chi connectivity index (χ4n) is 1.98. The zero-order chi connectivity index (χ0) is 12.9. The molecule has 0 aromatic heterocycles. The molecule has 0 radical (unpaired) electrons. The van der Waals surface area contributed by atoms with Gasteiger partial charge in [0.1, 0.15) is 5.82 Å². The Morgan fingerprint density at radius 1 is 1.35 bits per heavy atom. The van der Waals surface area contributed by atoms with Gasteiger partial charge in [-0.3, -0.25) is 0 Å². The fraction of sp³-hybridized carbons (Fsp3) is 0.571. The molecule has 0 aliphatic heterocycles. The van der Waals surface area contributed by atoms with Crippen LogP contribution in [0.1, 0.15) is 45.1 Å². The summed E-state index contributed by atoms with van der Waals surface area (Å²) in [4.78, 5) is 0. The van der Waals surface area contributed by atoms with E-state index in [-0.39, 0.29) is 11.4 Å². The van der Waals surface area contributed by atoms with E-state index in [2.05, 4.69) is 29.8 Å². The minimum atomic E-state index is -0.216. The molecule has 1 aromatic rings. The molecule has 0 bridgehead atoms. The van der Waals surface area contributed by atoms with E-state index in [0.29, 0.717) is 4.47 Å². The molecule has 0 fully saturated rings. The highest BCUT2D eigenvalue weighted by atomic mass is 79.9. The average Bonchev–Trinajstić information content (AvgIpc) is 2.33. The maximum absolute atomic E-state index is 13.4. The lowest BCUT2D eigenvalue weighted by Crippen LogP contribution is -2.41. The highest BCUT2D eigenvalue weighted by Gasteiger charge is 2.23. The van der Waals surface area contributed by atoms with Gasteiger partial charge in [0.25, 0.3) is 0 Å². The molecule has 17 heavy (non-hydrogen) atoms. The lowest BCUT2D eigenvalue weighted by atomic mass is 9.84. The molecule has 0 aliphatic rings. The Kier molecular flexibility index (Phi) is 5.60. The third kappa shape index (κ3) is 4.07. The zero-order valence-electron chi connectivity index (χ0n) is 10.6. The summed E-state index contributed by atoms with van der Waals surface area (Å²) < 4.78 is 14.0. The molecule has 1 atom stereocenters. The van der Waals surface area contributed by atoms with Crippen molar-refractivity contribution in [1.29, 1.82) is 0 Å². The Hall–Kier alpha value is -0.410. The van der Waals surface area contributed by atoms with Gasteiger partial charge in [0.2, 0.25) is 0 Å². The van der Waals surface area contributed by atoms with Gasteiger partial charge in [-0.15, -0.1) is 0 Å². The standard InChI is InChI=1S/C14H21BrFN/c1-3-5-9-14(17,4-2)10-11-7-6-8-12(16)13(11)15/h6-8H,3-5,9-10,17H2,1-2H3. The summed E-state index contributed by atoms with van der Waals surface area (Å²) in [6.45, 7) is 4.26. The number of hydrogen-bond donors (Lipinski definition) is 1. The summed E-state index contributed by atoms with van der Waals surface area (Å²) in [7, 11) is 0. The van der Waals surface area contributed by atoms with Gasteiger partial charge in [0.15, 0.2) is 0 Å². The Labute approximate surface area is 112 Å². The number of hydrogen-bond acceptors (Lipinski definition) is 1. The number of rotatable bonds is 6. The SMILES string of the molecule is CCCCC(N)(CC)Cc1cccc(F)c1Br. The van der Waals surface area contributed by atoms with E-state index in [9.17, 15) is 4.39 Å². The van der Waals surface area contributed by atoms with Crippen LogP contribution in [0.25, 0.3) is 0 Å². The molecular formula is C14H21BrFN. The molecule has 2 N–H and O–H groups in total. The van der Waals surface area contributed by atoms with Crippen molar-refractivity contribution in [2.75, 3.05) is 0 Å². The van der Waals surface area contributed by atoms with Crippen LogP contribution in [-0.4, -0.2) is 5.54 Å². The molecule has 0 saturated heterocycles. The third-order valence-electron chi connectivity index (χ3n) is 3.31. The summed E-state index contributed by atoms with van der Waals surface area (Å²) in [5.74, 6) is -0.212. The van der Waals surface area contributed by atoms with Crippen LogP contribution in [-0.2, 0) is 6.42 Å². The molecule has 3 heteroatoms. The summed E-state index contributed by atoms with van der Waals surface area (Å²) in [6, 6.07) is 5.14. The van der Waals surface area contributed by atoms with Gasteiger partial charge in [-0.1, -0.05) is 38.8 Å². The van der Waals surface area contributed by atoms with E-state index in [4.69, 9.17) is 5.73 Å². The first kappa shape index (κ1) is 14.7. The minimum Gasteiger partial charge on any atom is -0.325 e. The maximum atomic E-state index is 13.4. The van der Waals surface area contributed by atoms with Crippen molar-refractivity contribution in [3.8, 4) is 0 Å². The molecule has 1 unspecified atom stereocenters. The maximum Gasteiger partial charge on any atom is 0.137 e. The quantitative estimate of drug-likeness (QED) is 0.826. The Morgan fingerprint density at radius 2 is 2.06 bits per heavy atom. The third-order valence-corrected chi connectivity index (χ3v) is 4.19. The molecule has 0 saturated carbocycles. The van der Waals surface area contributed by atoms with E-state index in [0.717, 1.165) is 37.7 Å². The van der Waals surface area contributed by atoms with Crippen LogP contribution in [0.5, 0.6) is 0 Å². The molecule has 0 heterocycles. The van der Waals surface area contributed by atoms with Crippen molar-refractivity contribution < 1.29 is 4.39 Å². The van der Waals surface area contributed by atoms with Gasteiger partial charge in [0, 0.05) is 5.54 Å². The van der Waals surface area contributed by atoms with Crippen molar-refractivity contribution in [3.05, 3.63) is 34.1 Å². The minimum absolute atomic E-state index is 0.212. The lowest BCUT2D eigenvalue weighted by molar-refractivity contribution is 0.364. The van der Waals surface area contributed by atoms with Crippen LogP contribution in [0.2, 0.25) is 0 Å². The van der Waals surface area contributed by atoms with Crippen LogP contribution in [0, 0.1) is 5.82 Å². The topological polar surface area (TPSA) is 26.0 Å². The van der Waals surface area contributed by atoms with E-state index in [1.807, 2.05) is 6.07 Å². The number of halogens is 2. The molecule has 1 aromatic carbocycles. The Morgan fingerprint density at radius 3 is 2.65 bits per heavy atom. The summed E-state index contributed by atoms with van der Waals surface area (Å²) in [6.07, 6.45) is 4.89. The monoisotopic (exact) mass is 301 g/mol. The summed E-state index contributed by atoms with van der Waals surface area (Å²) in [5, 5.41) is 0. The van der Waals surface area contributed by atoms with Gasteiger partial charge in [0.05, 0.1) is 4.47 Å². The second kappa shape index (κ2) is 6.50. The lowest BCUT2D eigenvalue weighted by Gasteiger charge is -2.29. The van der Waals surface area contributed by atoms with E-state index in [1.54, 1.807) is 6.07 Å². The number of nitrogens with two attached hydrogens (primary N) is 1. The first-order valence-electron chi connectivity index (χ1n) is 6.24. The first-order chi connectivity index (χ1) is 8.02. The van der Waals surface area contributed by atoms with Crippen LogP contribution in [0.15, 0.2) is 22.7 Å². The van der Waals surface area contributed by atoms with E-state index < -0.39 is 0 Å². The van der Waals surface area contributed by atoms with Crippen LogP contribution >= 0.6 is 15.9 Å². The fourth-order valence-corrected chi connectivity index (χ4v) is 2.39. The van der Waals surface area contributed by atoms with Gasteiger partial charge >= 0.3 is 0 Å². The van der Waals surface area contributed by atoms with Crippen molar-refractivity contribution >= 4 is 15.9 Å². The molecule has 0 spiro atoms. The van der Waals surface area contributed by atoms with Gasteiger partial charge in [-0.2, -0.15) is 0 Å². The highest BCUT2D eigenvalue weighted by Crippen LogP contribution is 2.27. The molecule has 0 amide bonds. The number of unbranched alkanes of at least 4 members (excludes halogenated alkanes) is 1. The molecule has 1 nitrogen and oxygen atoms in total. The van der Waals surface area contributed by atoms with Crippen molar-refractivity contribution in [2.45, 2.75) is 51.5 Å². The first-order valence-corrected chi connectivity index (χ1v) is 7.03. The van der Waals surface area contributed by atoms with Crippen molar-refractivity contribution in [1.82, 2.24) is 0 Å². The highest BCUT2D eigenvalue weighted by molar-refractivity contribution is 9.10. The smallest absolute Gasteiger partial charge is 0.137 e. The van der Waals surface area contributed by atoms with Crippen LogP contribution in [0.3, 0.4) is 0 Å². The largest absolute Gasteiger partial charge is 0.325 e. The van der Waals surface area contributed by atoms with E-state index in [1.165, 1.54) is 6.07 Å². The normalized spacial score (nSPS) is 14.6. The van der Waals surface area contributed by atoms with Gasteiger partial charge in [-0.05, 0) is 46.8 Å². The number of benzene rings is 1. The summed E-state index contributed by atoms with van der Waals surface area (Å²) in [5.41, 5.74) is 7.14. The van der Waals surface area contributed by atoms with Gasteiger partial charge in [-0.25, -0.2) is 4.39 Å². The van der Waals surface area contributed by atoms with Crippen molar-refractivity contribution in [2.24, 2.45) is 5.73 Å². The molecular weight excluding hydrogens is 281 g/mol. The Balaban J connectivity index is 2.83.